The van der Waals surface area contributed by atoms with Gasteiger partial charge in [0.1, 0.15) is 5.75 Å². The molecule has 1 rings (SSSR count). The van der Waals surface area contributed by atoms with Gasteiger partial charge in [-0.05, 0) is 24.6 Å². The summed E-state index contributed by atoms with van der Waals surface area (Å²) in [5.74, 6) is 0.126. The number of rotatable bonds is 15. The molecule has 1 amide bonds. The minimum absolute atomic E-state index is 0.377. The number of unbranched alkanes of at least 4 members (excludes halogenated alkanes) is 9. The summed E-state index contributed by atoms with van der Waals surface area (Å²) in [5, 5.41) is 2.52. The zero-order chi connectivity index (χ0) is 19.0. The van der Waals surface area contributed by atoms with Crippen molar-refractivity contribution in [1.29, 1.82) is 0 Å². The molecular formula is C21H33NO4. The Morgan fingerprint density at radius 3 is 2.19 bits per heavy atom. The Morgan fingerprint density at radius 2 is 1.62 bits per heavy atom. The Hall–Kier alpha value is -2.04. The quantitative estimate of drug-likeness (QED) is 0.259. The lowest BCUT2D eigenvalue weighted by Gasteiger charge is -2.10. The van der Waals surface area contributed by atoms with Crippen molar-refractivity contribution in [1.82, 2.24) is 0 Å². The van der Waals surface area contributed by atoms with Crippen molar-refractivity contribution in [3.05, 3.63) is 23.8 Å². The van der Waals surface area contributed by atoms with E-state index in [1.54, 1.807) is 18.2 Å². The van der Waals surface area contributed by atoms with Crippen molar-refractivity contribution in [2.45, 2.75) is 71.1 Å². The van der Waals surface area contributed by atoms with Gasteiger partial charge in [0, 0.05) is 0 Å². The number of methoxy groups -OCH3 is 1. The van der Waals surface area contributed by atoms with Crippen LogP contribution in [0.25, 0.3) is 0 Å². The average Bonchev–Trinajstić information content (AvgIpc) is 2.66. The maximum absolute atomic E-state index is 12.1. The summed E-state index contributed by atoms with van der Waals surface area (Å²) in [7, 11) is 1.51. The normalized spacial score (nSPS) is 10.4. The van der Waals surface area contributed by atoms with Crippen LogP contribution in [-0.2, 0) is 9.53 Å². The van der Waals surface area contributed by atoms with Crippen molar-refractivity contribution in [2.24, 2.45) is 0 Å². The van der Waals surface area contributed by atoms with Gasteiger partial charge in [0.15, 0.2) is 0 Å². The van der Waals surface area contributed by atoms with Crippen LogP contribution in [0.5, 0.6) is 5.75 Å². The zero-order valence-electron chi connectivity index (χ0n) is 16.2. The predicted molar refractivity (Wildman–Crippen MR) is 105 cm³/mol. The Balaban J connectivity index is 2.17. The van der Waals surface area contributed by atoms with Crippen LogP contribution in [0.1, 0.15) is 81.5 Å². The molecule has 5 nitrogen and oxygen atoms in total. The van der Waals surface area contributed by atoms with Gasteiger partial charge in [-0.3, -0.25) is 4.79 Å². The van der Waals surface area contributed by atoms with Crippen molar-refractivity contribution < 1.29 is 19.1 Å². The number of benzene rings is 1. The monoisotopic (exact) mass is 363 g/mol. The third-order valence-corrected chi connectivity index (χ3v) is 4.38. The number of esters is 1. The fourth-order valence-corrected chi connectivity index (χ4v) is 2.85. The second-order valence-electron chi connectivity index (χ2n) is 6.50. The molecular weight excluding hydrogens is 330 g/mol. The smallest absolute Gasteiger partial charge is 0.338 e. The van der Waals surface area contributed by atoms with Crippen LogP contribution < -0.4 is 10.1 Å². The molecule has 0 radical (unpaired) electrons. The molecule has 5 heteroatoms. The largest absolute Gasteiger partial charge is 0.495 e. The van der Waals surface area contributed by atoms with E-state index in [4.69, 9.17) is 9.47 Å². The van der Waals surface area contributed by atoms with E-state index >= 15 is 0 Å². The van der Waals surface area contributed by atoms with Gasteiger partial charge in [-0.15, -0.1) is 0 Å². The highest BCUT2D eigenvalue weighted by Crippen LogP contribution is 2.25. The molecule has 0 spiro atoms. The maximum Gasteiger partial charge on any atom is 0.338 e. The third kappa shape index (κ3) is 8.88. The van der Waals surface area contributed by atoms with Crippen LogP contribution in [0.2, 0.25) is 0 Å². The lowest BCUT2D eigenvalue weighted by molar-refractivity contribution is -0.105. The number of carbonyl (C=O) groups is 2. The number of amides is 1. The highest BCUT2D eigenvalue weighted by molar-refractivity contribution is 5.92. The Morgan fingerprint density at radius 1 is 1.00 bits per heavy atom. The predicted octanol–water partition coefficient (Wildman–Crippen LogP) is 5.34. The highest BCUT2D eigenvalue weighted by Gasteiger charge is 2.11. The first kappa shape index (κ1) is 22.0. The van der Waals surface area contributed by atoms with Crippen LogP contribution in [0.4, 0.5) is 5.69 Å². The zero-order valence-corrected chi connectivity index (χ0v) is 16.2. The van der Waals surface area contributed by atoms with E-state index in [1.165, 1.54) is 58.5 Å². The molecule has 1 aromatic rings. The number of hydrogen-bond donors (Lipinski definition) is 1. The third-order valence-electron chi connectivity index (χ3n) is 4.38. The summed E-state index contributed by atoms with van der Waals surface area (Å²) >= 11 is 0. The molecule has 0 saturated heterocycles. The van der Waals surface area contributed by atoms with Crippen molar-refractivity contribution >= 4 is 18.1 Å². The summed E-state index contributed by atoms with van der Waals surface area (Å²) in [6.45, 7) is 2.67. The van der Waals surface area contributed by atoms with Gasteiger partial charge >= 0.3 is 5.97 Å². The molecule has 0 aliphatic carbocycles. The molecule has 0 atom stereocenters. The van der Waals surface area contributed by atoms with Gasteiger partial charge in [0.25, 0.3) is 0 Å². The molecule has 146 valence electrons. The second kappa shape index (κ2) is 14.2. The average molecular weight is 363 g/mol. The molecule has 0 aliphatic heterocycles. The SMILES string of the molecule is CCCCCCCCCCCCOC(=O)c1ccc(OC)c(NC=O)c1. The summed E-state index contributed by atoms with van der Waals surface area (Å²) < 4.78 is 10.4. The number of ether oxygens (including phenoxy) is 2. The lowest BCUT2D eigenvalue weighted by atomic mass is 10.1. The molecule has 0 bridgehead atoms. The first-order valence-corrected chi connectivity index (χ1v) is 9.78. The molecule has 0 aromatic heterocycles. The topological polar surface area (TPSA) is 64.6 Å². The van der Waals surface area contributed by atoms with E-state index < -0.39 is 0 Å². The highest BCUT2D eigenvalue weighted by atomic mass is 16.5. The minimum Gasteiger partial charge on any atom is -0.495 e. The summed E-state index contributed by atoms with van der Waals surface area (Å²) in [6.07, 6.45) is 13.0. The Kier molecular flexibility index (Phi) is 12.0. The van der Waals surface area contributed by atoms with E-state index in [-0.39, 0.29) is 5.97 Å². The standard InChI is InChI=1S/C21H33NO4/c1-3-4-5-6-7-8-9-10-11-12-15-26-21(24)18-13-14-20(25-2)19(16-18)22-17-23/h13-14,16-17H,3-12,15H2,1-2H3,(H,22,23). The minimum atomic E-state index is -0.377. The van der Waals surface area contributed by atoms with E-state index in [0.29, 0.717) is 30.0 Å². The molecule has 26 heavy (non-hydrogen) atoms. The number of carbonyl (C=O) groups excluding carboxylic acids is 2. The van der Waals surface area contributed by atoms with Crippen LogP contribution in [0, 0.1) is 0 Å². The molecule has 1 N–H and O–H groups in total. The van der Waals surface area contributed by atoms with Gasteiger partial charge in [0.05, 0.1) is 25.0 Å². The van der Waals surface area contributed by atoms with Crippen molar-refractivity contribution in [3.63, 3.8) is 0 Å². The molecule has 0 heterocycles. The van der Waals surface area contributed by atoms with Gasteiger partial charge in [-0.1, -0.05) is 64.7 Å². The van der Waals surface area contributed by atoms with E-state index in [0.717, 1.165) is 12.8 Å². The van der Waals surface area contributed by atoms with Gasteiger partial charge in [0.2, 0.25) is 6.41 Å². The molecule has 0 unspecified atom stereocenters. The van der Waals surface area contributed by atoms with E-state index in [1.807, 2.05) is 0 Å². The van der Waals surface area contributed by atoms with Gasteiger partial charge in [-0.2, -0.15) is 0 Å². The van der Waals surface area contributed by atoms with Crippen LogP contribution >= 0.6 is 0 Å². The molecule has 0 saturated carbocycles. The van der Waals surface area contributed by atoms with E-state index in [2.05, 4.69) is 12.2 Å². The van der Waals surface area contributed by atoms with Crippen molar-refractivity contribution in [2.75, 3.05) is 19.0 Å². The number of hydrogen-bond acceptors (Lipinski definition) is 4. The maximum atomic E-state index is 12.1. The molecule has 1 aromatic carbocycles. The lowest BCUT2D eigenvalue weighted by Crippen LogP contribution is -2.08. The van der Waals surface area contributed by atoms with E-state index in [9.17, 15) is 9.59 Å². The molecule has 0 aliphatic rings. The number of nitrogens with one attached hydrogen (secondary N) is 1. The summed E-state index contributed by atoms with van der Waals surface area (Å²) in [4.78, 5) is 22.7. The Labute approximate surface area is 157 Å². The van der Waals surface area contributed by atoms with Crippen LogP contribution in [0.3, 0.4) is 0 Å². The summed E-state index contributed by atoms with van der Waals surface area (Å²) in [6, 6.07) is 4.84. The fraction of sp³-hybridized carbons (Fsp3) is 0.619. The first-order valence-electron chi connectivity index (χ1n) is 9.78. The fourth-order valence-electron chi connectivity index (χ4n) is 2.85. The molecule has 0 fully saturated rings. The Bertz CT molecular complexity index is 531. The van der Waals surface area contributed by atoms with Crippen LogP contribution in [0.15, 0.2) is 18.2 Å². The summed E-state index contributed by atoms with van der Waals surface area (Å²) in [5.41, 5.74) is 0.859. The number of anilines is 1. The second-order valence-corrected chi connectivity index (χ2v) is 6.50. The van der Waals surface area contributed by atoms with Crippen molar-refractivity contribution in [3.8, 4) is 5.75 Å². The first-order chi connectivity index (χ1) is 12.7. The van der Waals surface area contributed by atoms with Crippen LogP contribution in [-0.4, -0.2) is 26.1 Å². The van der Waals surface area contributed by atoms with Gasteiger partial charge < -0.3 is 14.8 Å². The van der Waals surface area contributed by atoms with Gasteiger partial charge in [-0.25, -0.2) is 4.79 Å².